The lowest BCUT2D eigenvalue weighted by molar-refractivity contribution is 0.0163. The molecule has 0 amide bonds. The summed E-state index contributed by atoms with van der Waals surface area (Å²) in [5.41, 5.74) is 0. The molecule has 0 aromatic rings. The lowest BCUT2D eigenvalue weighted by Crippen LogP contribution is -2.43. The monoisotopic (exact) mass is 218 g/mol. The summed E-state index contributed by atoms with van der Waals surface area (Å²) >= 11 is 0. The maximum Gasteiger partial charge on any atom is 0.671 e. The molecule has 0 aromatic heterocycles. The summed E-state index contributed by atoms with van der Waals surface area (Å²) in [6.45, 7) is -0.932. The van der Waals surface area contributed by atoms with Crippen molar-refractivity contribution in [2.75, 3.05) is 13.2 Å². The SMILES string of the molecule is O[Si](O)(O)OCCO[Si](O)(O)O. The van der Waals surface area contributed by atoms with Crippen LogP contribution in [0.3, 0.4) is 0 Å². The molecule has 74 valence electrons. The van der Waals surface area contributed by atoms with Crippen LogP contribution in [-0.4, -0.2) is 60.1 Å². The minimum absolute atomic E-state index is 0.466. The highest BCUT2D eigenvalue weighted by Gasteiger charge is 2.33. The van der Waals surface area contributed by atoms with Gasteiger partial charge in [0.15, 0.2) is 0 Å². The second-order valence-electron chi connectivity index (χ2n) is 1.84. The predicted molar refractivity (Wildman–Crippen MR) is 36.7 cm³/mol. The van der Waals surface area contributed by atoms with Gasteiger partial charge in [0, 0.05) is 0 Å². The number of hydrogen-bond acceptors (Lipinski definition) is 8. The molecule has 12 heavy (non-hydrogen) atoms. The summed E-state index contributed by atoms with van der Waals surface area (Å²) in [6.07, 6.45) is 0. The number of hydrogen-bond donors (Lipinski definition) is 6. The first-order valence-electron chi connectivity index (χ1n) is 2.83. The molecule has 6 N–H and O–H groups in total. The van der Waals surface area contributed by atoms with Crippen molar-refractivity contribution in [1.82, 2.24) is 0 Å². The fraction of sp³-hybridized carbons (Fsp3) is 1.00. The molecule has 0 aliphatic carbocycles. The molecule has 0 aliphatic heterocycles. The third-order valence-electron chi connectivity index (χ3n) is 0.675. The van der Waals surface area contributed by atoms with Gasteiger partial charge in [-0.1, -0.05) is 0 Å². The van der Waals surface area contributed by atoms with E-state index in [0.29, 0.717) is 0 Å². The lowest BCUT2D eigenvalue weighted by Gasteiger charge is -2.12. The molecule has 0 aromatic carbocycles. The highest BCUT2D eigenvalue weighted by Crippen LogP contribution is 1.92. The third kappa shape index (κ3) is 10.1. The normalized spacial score (nSPS) is 13.5. The van der Waals surface area contributed by atoms with Gasteiger partial charge in [-0.2, -0.15) is 0 Å². The molecule has 0 rings (SSSR count). The van der Waals surface area contributed by atoms with E-state index in [4.69, 9.17) is 28.8 Å². The van der Waals surface area contributed by atoms with E-state index < -0.39 is 31.3 Å². The van der Waals surface area contributed by atoms with Crippen LogP contribution >= 0.6 is 0 Å². The lowest BCUT2D eigenvalue weighted by atomic mass is 10.8. The van der Waals surface area contributed by atoms with Crippen LogP contribution < -0.4 is 0 Å². The van der Waals surface area contributed by atoms with Crippen LogP contribution in [-0.2, 0) is 8.85 Å². The Morgan fingerprint density at radius 2 is 0.917 bits per heavy atom. The third-order valence-corrected chi connectivity index (χ3v) is 1.86. The molecule has 0 fully saturated rings. The van der Waals surface area contributed by atoms with E-state index in [2.05, 4.69) is 8.85 Å². The molecule has 10 heteroatoms. The molecule has 0 radical (unpaired) electrons. The van der Waals surface area contributed by atoms with E-state index in [1.165, 1.54) is 0 Å². The zero-order valence-electron chi connectivity index (χ0n) is 5.91. The Hall–Kier alpha value is 0.114. The highest BCUT2D eigenvalue weighted by atomic mass is 28.4. The average Bonchev–Trinajstić information content (AvgIpc) is 1.76. The van der Waals surface area contributed by atoms with Crippen molar-refractivity contribution in [1.29, 1.82) is 0 Å². The first-order chi connectivity index (χ1) is 5.21. The van der Waals surface area contributed by atoms with Crippen molar-refractivity contribution < 1.29 is 37.6 Å². The van der Waals surface area contributed by atoms with Crippen LogP contribution in [0.25, 0.3) is 0 Å². The second kappa shape index (κ2) is 4.38. The van der Waals surface area contributed by atoms with E-state index in [1.54, 1.807) is 0 Å². The summed E-state index contributed by atoms with van der Waals surface area (Å²) in [4.78, 5) is 49.5. The van der Waals surface area contributed by atoms with Crippen molar-refractivity contribution in [3.05, 3.63) is 0 Å². The van der Waals surface area contributed by atoms with E-state index >= 15 is 0 Å². The number of rotatable bonds is 5. The van der Waals surface area contributed by atoms with E-state index in [1.807, 2.05) is 0 Å². The fourth-order valence-corrected chi connectivity index (χ4v) is 1.07. The van der Waals surface area contributed by atoms with Gasteiger partial charge in [0.25, 0.3) is 0 Å². The quantitative estimate of drug-likeness (QED) is 0.202. The molecule has 0 saturated heterocycles. The summed E-state index contributed by atoms with van der Waals surface area (Å²) in [5.74, 6) is 0. The Kier molecular flexibility index (Phi) is 4.42. The van der Waals surface area contributed by atoms with Crippen LogP contribution in [0.1, 0.15) is 0 Å². The van der Waals surface area contributed by atoms with Crippen LogP contribution in [0.15, 0.2) is 0 Å². The minimum Gasteiger partial charge on any atom is -0.368 e. The summed E-state index contributed by atoms with van der Waals surface area (Å²) in [6, 6.07) is 0. The van der Waals surface area contributed by atoms with Crippen molar-refractivity contribution in [3.8, 4) is 0 Å². The highest BCUT2D eigenvalue weighted by molar-refractivity contribution is 6.49. The van der Waals surface area contributed by atoms with Gasteiger partial charge in [-0.25, -0.2) is 0 Å². The summed E-state index contributed by atoms with van der Waals surface area (Å²) in [5, 5.41) is 0. The Labute approximate surface area is 69.8 Å². The fourth-order valence-electron chi connectivity index (χ4n) is 0.357. The average molecular weight is 218 g/mol. The zero-order chi connectivity index (χ0) is 9.83. The molecular formula is C2H10O8Si2. The summed E-state index contributed by atoms with van der Waals surface area (Å²) in [7, 11) is -9.13. The predicted octanol–water partition coefficient (Wildman–Crippen LogP) is -4.16. The molecule has 0 unspecified atom stereocenters. The molecule has 0 saturated carbocycles. The van der Waals surface area contributed by atoms with Gasteiger partial charge in [-0.3, -0.25) is 0 Å². The largest absolute Gasteiger partial charge is 0.671 e. The van der Waals surface area contributed by atoms with E-state index in [-0.39, 0.29) is 0 Å². The maximum absolute atomic E-state index is 8.24. The molecule has 0 aliphatic rings. The molecule has 0 bridgehead atoms. The minimum atomic E-state index is -4.56. The van der Waals surface area contributed by atoms with Crippen molar-refractivity contribution in [2.24, 2.45) is 0 Å². The Morgan fingerprint density at radius 3 is 1.08 bits per heavy atom. The van der Waals surface area contributed by atoms with Gasteiger partial charge in [0.05, 0.1) is 13.2 Å². The van der Waals surface area contributed by atoms with Gasteiger partial charge in [-0.05, 0) is 0 Å². The van der Waals surface area contributed by atoms with Crippen LogP contribution in [0, 0.1) is 0 Å². The van der Waals surface area contributed by atoms with Gasteiger partial charge < -0.3 is 37.6 Å². The first kappa shape index (κ1) is 12.1. The zero-order valence-corrected chi connectivity index (χ0v) is 7.91. The van der Waals surface area contributed by atoms with Gasteiger partial charge >= 0.3 is 18.1 Å². The van der Waals surface area contributed by atoms with Crippen molar-refractivity contribution in [2.45, 2.75) is 0 Å². The Balaban J connectivity index is 3.35. The summed E-state index contributed by atoms with van der Waals surface area (Å²) < 4.78 is 7.99. The topological polar surface area (TPSA) is 140 Å². The molecular weight excluding hydrogens is 208 g/mol. The smallest absolute Gasteiger partial charge is 0.368 e. The van der Waals surface area contributed by atoms with Gasteiger partial charge in [-0.15, -0.1) is 0 Å². The van der Waals surface area contributed by atoms with Gasteiger partial charge in [0.2, 0.25) is 0 Å². The molecule has 0 heterocycles. The van der Waals surface area contributed by atoms with Crippen molar-refractivity contribution >= 4 is 18.1 Å². The van der Waals surface area contributed by atoms with E-state index in [0.717, 1.165) is 0 Å². The van der Waals surface area contributed by atoms with E-state index in [9.17, 15) is 0 Å². The molecule has 0 spiro atoms. The standard InChI is InChI=1S/C2H10O8Si2/c3-11(4,5)9-1-2-10-12(6,7)8/h3-8H,1-2H2. The Morgan fingerprint density at radius 1 is 0.667 bits per heavy atom. The Bertz CT molecular complexity index is 108. The van der Waals surface area contributed by atoms with Crippen LogP contribution in [0.4, 0.5) is 0 Å². The first-order valence-corrected chi connectivity index (χ1v) is 6.33. The molecule has 8 nitrogen and oxygen atoms in total. The van der Waals surface area contributed by atoms with Gasteiger partial charge in [0.1, 0.15) is 0 Å². The van der Waals surface area contributed by atoms with Crippen LogP contribution in [0.5, 0.6) is 0 Å². The van der Waals surface area contributed by atoms with Crippen LogP contribution in [0.2, 0.25) is 0 Å². The molecule has 0 atom stereocenters. The second-order valence-corrected chi connectivity index (χ2v) is 4.72. The van der Waals surface area contributed by atoms with Crippen molar-refractivity contribution in [3.63, 3.8) is 0 Å². The maximum atomic E-state index is 8.24.